The molecule has 5 heteroatoms. The topological polar surface area (TPSA) is 62.7 Å². The fraction of sp³-hybridized carbons (Fsp3) is 0.833. The summed E-state index contributed by atoms with van der Waals surface area (Å²) in [5.74, 6) is 0.670. The standard InChI is InChI=1S/C12H21N3O2/c1-3-5-9-8-12(6-7-17-9)10(16)14-11(15-12)13-4-2/h9H,3-8H2,1-2H3,(H2,13,14,15,16). The van der Waals surface area contributed by atoms with Gasteiger partial charge >= 0.3 is 0 Å². The number of amides is 1. The van der Waals surface area contributed by atoms with Crippen LogP contribution in [0.3, 0.4) is 0 Å². The van der Waals surface area contributed by atoms with E-state index in [0.29, 0.717) is 19.1 Å². The lowest BCUT2D eigenvalue weighted by atomic mass is 9.85. The average Bonchev–Trinajstić information content (AvgIpc) is 2.56. The van der Waals surface area contributed by atoms with Crippen LogP contribution >= 0.6 is 0 Å². The Balaban J connectivity index is 2.08. The molecule has 0 radical (unpaired) electrons. The fourth-order valence-electron chi connectivity index (χ4n) is 2.56. The van der Waals surface area contributed by atoms with E-state index in [1.807, 2.05) is 6.92 Å². The van der Waals surface area contributed by atoms with Crippen molar-refractivity contribution in [3.8, 4) is 0 Å². The molecular weight excluding hydrogens is 218 g/mol. The normalized spacial score (nSPS) is 35.1. The van der Waals surface area contributed by atoms with Gasteiger partial charge < -0.3 is 10.1 Å². The molecule has 0 saturated carbocycles. The van der Waals surface area contributed by atoms with E-state index in [4.69, 9.17) is 4.74 Å². The molecule has 0 aliphatic carbocycles. The van der Waals surface area contributed by atoms with Gasteiger partial charge in [0.05, 0.1) is 6.10 Å². The van der Waals surface area contributed by atoms with Crippen LogP contribution in [0.4, 0.5) is 0 Å². The van der Waals surface area contributed by atoms with Crippen molar-refractivity contribution in [3.05, 3.63) is 0 Å². The van der Waals surface area contributed by atoms with Crippen molar-refractivity contribution in [2.24, 2.45) is 4.99 Å². The molecule has 2 rings (SSSR count). The minimum atomic E-state index is -0.480. The van der Waals surface area contributed by atoms with Gasteiger partial charge in [0.2, 0.25) is 0 Å². The number of aliphatic imine (C=N–C) groups is 1. The molecule has 17 heavy (non-hydrogen) atoms. The molecule has 2 heterocycles. The number of carbonyl (C=O) groups excluding carboxylic acids is 1. The van der Waals surface area contributed by atoms with Crippen LogP contribution in [0.5, 0.6) is 0 Å². The molecule has 2 unspecified atom stereocenters. The maximum atomic E-state index is 12.1. The minimum absolute atomic E-state index is 0.0501. The Morgan fingerprint density at radius 1 is 1.53 bits per heavy atom. The molecule has 0 aromatic heterocycles. The van der Waals surface area contributed by atoms with E-state index in [9.17, 15) is 4.79 Å². The minimum Gasteiger partial charge on any atom is -0.378 e. The van der Waals surface area contributed by atoms with Crippen molar-refractivity contribution in [3.63, 3.8) is 0 Å². The lowest BCUT2D eigenvalue weighted by Crippen LogP contribution is -2.53. The first-order valence-electron chi connectivity index (χ1n) is 6.46. The Morgan fingerprint density at radius 3 is 3.06 bits per heavy atom. The van der Waals surface area contributed by atoms with Crippen molar-refractivity contribution >= 4 is 11.9 Å². The first-order chi connectivity index (χ1) is 8.20. The van der Waals surface area contributed by atoms with Crippen LogP contribution in [0, 0.1) is 0 Å². The highest BCUT2D eigenvalue weighted by Crippen LogP contribution is 2.29. The van der Waals surface area contributed by atoms with Crippen LogP contribution in [-0.2, 0) is 9.53 Å². The third-order valence-electron chi connectivity index (χ3n) is 3.41. The first kappa shape index (κ1) is 12.4. The molecule has 2 atom stereocenters. The molecule has 0 aromatic carbocycles. The second kappa shape index (κ2) is 5.04. The summed E-state index contributed by atoms with van der Waals surface area (Å²) >= 11 is 0. The summed E-state index contributed by atoms with van der Waals surface area (Å²) in [6, 6.07) is 0. The van der Waals surface area contributed by atoms with Crippen molar-refractivity contribution in [1.82, 2.24) is 10.6 Å². The van der Waals surface area contributed by atoms with E-state index in [0.717, 1.165) is 25.7 Å². The Bertz CT molecular complexity index is 328. The SMILES string of the molecule is CCCC1CC2(CCO1)NC(=NCC)NC2=O. The zero-order valence-corrected chi connectivity index (χ0v) is 10.6. The lowest BCUT2D eigenvalue weighted by Gasteiger charge is -2.35. The summed E-state index contributed by atoms with van der Waals surface area (Å²) in [5, 5.41) is 6.08. The zero-order chi connectivity index (χ0) is 12.3. The highest BCUT2D eigenvalue weighted by Gasteiger charge is 2.48. The number of guanidine groups is 1. The lowest BCUT2D eigenvalue weighted by molar-refractivity contribution is -0.130. The van der Waals surface area contributed by atoms with Gasteiger partial charge in [-0.15, -0.1) is 0 Å². The fourth-order valence-corrected chi connectivity index (χ4v) is 2.56. The van der Waals surface area contributed by atoms with Gasteiger partial charge in [-0.2, -0.15) is 0 Å². The molecule has 1 spiro atoms. The Kier molecular flexibility index (Phi) is 3.66. The molecule has 1 amide bonds. The molecule has 0 aromatic rings. The number of rotatable bonds is 3. The van der Waals surface area contributed by atoms with Crippen LogP contribution in [0.1, 0.15) is 39.5 Å². The number of nitrogens with one attached hydrogen (secondary N) is 2. The van der Waals surface area contributed by atoms with Gasteiger partial charge in [-0.1, -0.05) is 13.3 Å². The van der Waals surface area contributed by atoms with Gasteiger partial charge in [0.25, 0.3) is 5.91 Å². The molecule has 5 nitrogen and oxygen atoms in total. The van der Waals surface area contributed by atoms with E-state index in [1.165, 1.54) is 0 Å². The molecule has 2 saturated heterocycles. The van der Waals surface area contributed by atoms with Crippen molar-refractivity contribution in [2.75, 3.05) is 13.2 Å². The Labute approximate surface area is 102 Å². The number of carbonyl (C=O) groups is 1. The second-order valence-corrected chi connectivity index (χ2v) is 4.72. The van der Waals surface area contributed by atoms with Crippen molar-refractivity contribution in [2.45, 2.75) is 51.2 Å². The predicted octanol–water partition coefficient (Wildman–Crippen LogP) is 0.800. The average molecular weight is 239 g/mol. The number of nitrogens with zero attached hydrogens (tertiary/aromatic N) is 1. The quantitative estimate of drug-likeness (QED) is 0.765. The monoisotopic (exact) mass is 239 g/mol. The van der Waals surface area contributed by atoms with Crippen LogP contribution in [-0.4, -0.2) is 36.7 Å². The van der Waals surface area contributed by atoms with Crippen LogP contribution in [0.15, 0.2) is 4.99 Å². The van der Waals surface area contributed by atoms with Gasteiger partial charge in [0.15, 0.2) is 5.96 Å². The van der Waals surface area contributed by atoms with Crippen LogP contribution in [0.2, 0.25) is 0 Å². The molecule has 0 bridgehead atoms. The number of hydrogen-bond donors (Lipinski definition) is 2. The van der Waals surface area contributed by atoms with Gasteiger partial charge in [-0.25, -0.2) is 0 Å². The zero-order valence-electron chi connectivity index (χ0n) is 10.6. The number of ether oxygens (including phenoxy) is 1. The summed E-state index contributed by atoms with van der Waals surface area (Å²) in [4.78, 5) is 16.3. The van der Waals surface area contributed by atoms with E-state index in [1.54, 1.807) is 0 Å². The summed E-state index contributed by atoms with van der Waals surface area (Å²) in [6.07, 6.45) is 3.75. The van der Waals surface area contributed by atoms with E-state index >= 15 is 0 Å². The number of hydrogen-bond acceptors (Lipinski definition) is 3. The van der Waals surface area contributed by atoms with Crippen molar-refractivity contribution in [1.29, 1.82) is 0 Å². The molecule has 2 fully saturated rings. The third-order valence-corrected chi connectivity index (χ3v) is 3.41. The van der Waals surface area contributed by atoms with Crippen molar-refractivity contribution < 1.29 is 9.53 Å². The van der Waals surface area contributed by atoms with E-state index in [-0.39, 0.29) is 12.0 Å². The largest absolute Gasteiger partial charge is 0.378 e. The Morgan fingerprint density at radius 2 is 2.35 bits per heavy atom. The second-order valence-electron chi connectivity index (χ2n) is 4.72. The molecule has 2 aliphatic rings. The maximum Gasteiger partial charge on any atom is 0.252 e. The van der Waals surface area contributed by atoms with Gasteiger partial charge in [0.1, 0.15) is 5.54 Å². The maximum absolute atomic E-state index is 12.1. The van der Waals surface area contributed by atoms with Gasteiger partial charge in [0, 0.05) is 26.0 Å². The smallest absolute Gasteiger partial charge is 0.252 e. The summed E-state index contributed by atoms with van der Waals surface area (Å²) in [6.45, 7) is 5.41. The van der Waals surface area contributed by atoms with Gasteiger partial charge in [-0.05, 0) is 13.3 Å². The van der Waals surface area contributed by atoms with Gasteiger partial charge in [-0.3, -0.25) is 15.1 Å². The highest BCUT2D eigenvalue weighted by molar-refractivity contribution is 6.09. The van der Waals surface area contributed by atoms with E-state index < -0.39 is 5.54 Å². The molecule has 96 valence electrons. The summed E-state index contributed by atoms with van der Waals surface area (Å²) in [7, 11) is 0. The summed E-state index contributed by atoms with van der Waals surface area (Å²) in [5.41, 5.74) is -0.480. The van der Waals surface area contributed by atoms with Crippen LogP contribution < -0.4 is 10.6 Å². The molecule has 2 aliphatic heterocycles. The predicted molar refractivity (Wildman–Crippen MR) is 65.9 cm³/mol. The van der Waals surface area contributed by atoms with E-state index in [2.05, 4.69) is 22.5 Å². The molecule has 2 N–H and O–H groups in total. The molecular formula is C12H21N3O2. The van der Waals surface area contributed by atoms with Crippen LogP contribution in [0.25, 0.3) is 0 Å². The highest BCUT2D eigenvalue weighted by atomic mass is 16.5. The third kappa shape index (κ3) is 2.44. The Hall–Kier alpha value is -1.10. The first-order valence-corrected chi connectivity index (χ1v) is 6.46. The summed E-state index contributed by atoms with van der Waals surface area (Å²) < 4.78 is 5.69.